The standard InChI is InChI=1S/C32H34F2N4O6/c1-17-31(29(44-36-17)16-42-18(2)39)20-4-11-27-26(14-20)35-32(38(27)21-5-8-23(9-6-21)43-19(3)40)28-12-13-30(41)37(28)22-7-10-24(33)25(34)15-22/h4,7,10-11,14-15,21,23,28,30,41H,5-6,8-9,12-13,16H2,1-3H3/t21-,23-,28-,30?/m0/s1. The number of fused-ring (bicyclic) bond motifs is 1. The van der Waals surface area contributed by atoms with Gasteiger partial charge in [0.15, 0.2) is 24.0 Å². The zero-order valence-electron chi connectivity index (χ0n) is 24.8. The zero-order chi connectivity index (χ0) is 31.1. The second-order valence-electron chi connectivity index (χ2n) is 11.5. The Balaban J connectivity index is 1.44. The maximum atomic E-state index is 14.3. The highest BCUT2D eigenvalue weighted by atomic mass is 19.2. The zero-order valence-corrected chi connectivity index (χ0v) is 24.8. The van der Waals surface area contributed by atoms with Gasteiger partial charge in [0.2, 0.25) is 0 Å². The van der Waals surface area contributed by atoms with E-state index >= 15 is 0 Å². The minimum absolute atomic E-state index is 0.0362. The molecule has 232 valence electrons. The number of ether oxygens (including phenoxy) is 2. The first-order valence-corrected chi connectivity index (χ1v) is 14.8. The predicted molar refractivity (Wildman–Crippen MR) is 155 cm³/mol. The van der Waals surface area contributed by atoms with Crippen molar-refractivity contribution in [1.82, 2.24) is 14.7 Å². The largest absolute Gasteiger partial charge is 0.463 e. The van der Waals surface area contributed by atoms with E-state index in [0.29, 0.717) is 59.7 Å². The van der Waals surface area contributed by atoms with Gasteiger partial charge in [-0.1, -0.05) is 11.2 Å². The van der Waals surface area contributed by atoms with Crippen LogP contribution in [-0.4, -0.2) is 44.1 Å². The highest BCUT2D eigenvalue weighted by Crippen LogP contribution is 2.44. The number of aliphatic hydroxyl groups excluding tert-OH is 1. The summed E-state index contributed by atoms with van der Waals surface area (Å²) in [5.74, 6) is -1.55. The summed E-state index contributed by atoms with van der Waals surface area (Å²) in [6.07, 6.45) is 2.81. The van der Waals surface area contributed by atoms with Crippen LogP contribution in [0.1, 0.15) is 81.7 Å². The number of carbonyl (C=O) groups is 2. The van der Waals surface area contributed by atoms with Crippen molar-refractivity contribution in [3.8, 4) is 11.1 Å². The van der Waals surface area contributed by atoms with Crippen LogP contribution in [0.5, 0.6) is 0 Å². The van der Waals surface area contributed by atoms with Crippen LogP contribution in [0.2, 0.25) is 0 Å². The molecule has 0 bridgehead atoms. The molecule has 2 aromatic carbocycles. The van der Waals surface area contributed by atoms with Gasteiger partial charge in [-0.3, -0.25) is 9.59 Å². The summed E-state index contributed by atoms with van der Waals surface area (Å²) >= 11 is 0. The van der Waals surface area contributed by atoms with Gasteiger partial charge >= 0.3 is 11.9 Å². The lowest BCUT2D eigenvalue weighted by atomic mass is 9.92. The molecule has 1 unspecified atom stereocenters. The van der Waals surface area contributed by atoms with Gasteiger partial charge in [-0.2, -0.15) is 0 Å². The average Bonchev–Trinajstić information content (AvgIpc) is 3.67. The fourth-order valence-corrected chi connectivity index (χ4v) is 6.64. The molecular weight excluding hydrogens is 574 g/mol. The number of aromatic nitrogens is 3. The van der Waals surface area contributed by atoms with Gasteiger partial charge in [0.05, 0.1) is 28.3 Å². The molecule has 44 heavy (non-hydrogen) atoms. The van der Waals surface area contributed by atoms with Crippen LogP contribution in [0.25, 0.3) is 22.2 Å². The highest BCUT2D eigenvalue weighted by Gasteiger charge is 2.39. The van der Waals surface area contributed by atoms with Crippen molar-refractivity contribution in [2.45, 2.75) is 90.3 Å². The third-order valence-corrected chi connectivity index (χ3v) is 8.54. The maximum Gasteiger partial charge on any atom is 0.303 e. The van der Waals surface area contributed by atoms with E-state index in [1.54, 1.807) is 4.90 Å². The molecule has 6 rings (SSSR count). The second kappa shape index (κ2) is 12.0. The topological polar surface area (TPSA) is 120 Å². The van der Waals surface area contributed by atoms with Crippen LogP contribution in [0.4, 0.5) is 14.5 Å². The first-order chi connectivity index (χ1) is 21.1. The van der Waals surface area contributed by atoms with Crippen LogP contribution in [0.3, 0.4) is 0 Å². The van der Waals surface area contributed by atoms with E-state index < -0.39 is 29.9 Å². The Morgan fingerprint density at radius 2 is 1.77 bits per heavy atom. The molecule has 1 saturated heterocycles. The molecule has 3 heterocycles. The molecule has 0 spiro atoms. The molecule has 0 amide bonds. The van der Waals surface area contributed by atoms with Crippen molar-refractivity contribution in [3.63, 3.8) is 0 Å². The molecule has 12 heteroatoms. The predicted octanol–water partition coefficient (Wildman–Crippen LogP) is 6.05. The van der Waals surface area contributed by atoms with Crippen LogP contribution in [0, 0.1) is 18.6 Å². The van der Waals surface area contributed by atoms with Crippen molar-refractivity contribution < 1.29 is 37.5 Å². The van der Waals surface area contributed by atoms with Gasteiger partial charge in [-0.05, 0) is 75.3 Å². The number of aryl methyl sites for hydroxylation is 1. The molecule has 4 aromatic rings. The van der Waals surface area contributed by atoms with Crippen molar-refractivity contribution >= 4 is 28.7 Å². The third-order valence-electron chi connectivity index (χ3n) is 8.54. The normalized spacial score (nSPS) is 22.0. The lowest BCUT2D eigenvalue weighted by Gasteiger charge is -2.34. The molecule has 1 saturated carbocycles. The summed E-state index contributed by atoms with van der Waals surface area (Å²) in [5.41, 5.74) is 4.08. The second-order valence-corrected chi connectivity index (χ2v) is 11.5. The summed E-state index contributed by atoms with van der Waals surface area (Å²) in [4.78, 5) is 29.8. The Kier molecular flexibility index (Phi) is 8.10. The first-order valence-electron chi connectivity index (χ1n) is 14.8. The van der Waals surface area contributed by atoms with Crippen molar-refractivity contribution in [1.29, 1.82) is 0 Å². The van der Waals surface area contributed by atoms with Crippen LogP contribution >= 0.6 is 0 Å². The summed E-state index contributed by atoms with van der Waals surface area (Å²) in [5, 5.41) is 15.1. The monoisotopic (exact) mass is 608 g/mol. The molecule has 2 aliphatic rings. The molecule has 0 radical (unpaired) electrons. The lowest BCUT2D eigenvalue weighted by molar-refractivity contribution is -0.148. The van der Waals surface area contributed by atoms with E-state index in [4.69, 9.17) is 19.0 Å². The van der Waals surface area contributed by atoms with Crippen molar-refractivity contribution in [3.05, 3.63) is 65.3 Å². The third kappa shape index (κ3) is 5.66. The van der Waals surface area contributed by atoms with Gasteiger partial charge in [0.1, 0.15) is 18.2 Å². The molecule has 1 N–H and O–H groups in total. The fraction of sp³-hybridized carbons (Fsp3) is 0.438. The number of anilines is 1. The number of nitrogens with zero attached hydrogens (tertiary/aromatic N) is 4. The number of aliphatic hydroxyl groups is 1. The van der Waals surface area contributed by atoms with Gasteiger partial charge in [-0.25, -0.2) is 13.8 Å². The van der Waals surface area contributed by atoms with Crippen molar-refractivity contribution in [2.24, 2.45) is 0 Å². The number of hydrogen-bond acceptors (Lipinski definition) is 9. The Hall–Kier alpha value is -4.32. The van der Waals surface area contributed by atoms with Gasteiger partial charge in [0, 0.05) is 31.6 Å². The number of hydrogen-bond donors (Lipinski definition) is 1. The van der Waals surface area contributed by atoms with Crippen molar-refractivity contribution in [2.75, 3.05) is 4.90 Å². The Labute approximate surface area is 252 Å². The number of rotatable bonds is 7. The van der Waals surface area contributed by atoms with E-state index in [1.165, 1.54) is 19.9 Å². The Bertz CT molecular complexity index is 1710. The molecule has 1 aliphatic heterocycles. The number of imidazole rings is 1. The SMILES string of the molecule is CC(=O)OCc1onc(C)c1-c1ccc2c(c1)nc([C@@H]1CCC(O)N1c1ccc(F)c(F)c1)n2[C@H]1CC[C@H](OC(C)=O)CC1. The van der Waals surface area contributed by atoms with E-state index in [9.17, 15) is 23.5 Å². The molecule has 10 nitrogen and oxygen atoms in total. The molecule has 2 atom stereocenters. The van der Waals surface area contributed by atoms with E-state index in [1.807, 2.05) is 25.1 Å². The van der Waals surface area contributed by atoms with Crippen LogP contribution < -0.4 is 4.90 Å². The minimum Gasteiger partial charge on any atom is -0.463 e. The quantitative estimate of drug-likeness (QED) is 0.250. The molecule has 2 aromatic heterocycles. The van der Waals surface area contributed by atoms with E-state index in [-0.39, 0.29) is 24.7 Å². The first kappa shape index (κ1) is 29.7. The highest BCUT2D eigenvalue weighted by molar-refractivity contribution is 5.84. The number of esters is 2. The smallest absolute Gasteiger partial charge is 0.303 e. The number of halogens is 2. The molecule has 2 fully saturated rings. The summed E-state index contributed by atoms with van der Waals surface area (Å²) in [6, 6.07) is 9.12. The number of carbonyl (C=O) groups excluding carboxylic acids is 2. The Morgan fingerprint density at radius 1 is 1.00 bits per heavy atom. The number of benzene rings is 2. The fourth-order valence-electron chi connectivity index (χ4n) is 6.64. The summed E-state index contributed by atoms with van der Waals surface area (Å²) < 4.78 is 46.4. The summed E-state index contributed by atoms with van der Waals surface area (Å²) in [6.45, 7) is 4.49. The van der Waals surface area contributed by atoms with Gasteiger partial charge < -0.3 is 28.6 Å². The minimum atomic E-state index is -0.990. The van der Waals surface area contributed by atoms with Crippen LogP contribution in [0.15, 0.2) is 40.9 Å². The van der Waals surface area contributed by atoms with Crippen LogP contribution in [-0.2, 0) is 25.7 Å². The Morgan fingerprint density at radius 3 is 2.48 bits per heavy atom. The van der Waals surface area contributed by atoms with E-state index in [0.717, 1.165) is 36.1 Å². The molecule has 1 aliphatic carbocycles. The van der Waals surface area contributed by atoms with Gasteiger partial charge in [-0.15, -0.1) is 0 Å². The van der Waals surface area contributed by atoms with E-state index in [2.05, 4.69) is 9.72 Å². The lowest BCUT2D eigenvalue weighted by Crippen LogP contribution is -2.34. The summed E-state index contributed by atoms with van der Waals surface area (Å²) in [7, 11) is 0. The molecular formula is C32H34F2N4O6. The van der Waals surface area contributed by atoms with Gasteiger partial charge in [0.25, 0.3) is 0 Å². The average molecular weight is 609 g/mol. The maximum absolute atomic E-state index is 14.3.